The number of hydrogen-bond acceptors (Lipinski definition) is 3. The van der Waals surface area contributed by atoms with Crippen molar-refractivity contribution in [3.63, 3.8) is 0 Å². The molecule has 0 aliphatic heterocycles. The van der Waals surface area contributed by atoms with Crippen LogP contribution in [0.1, 0.15) is 6.42 Å². The van der Waals surface area contributed by atoms with Crippen molar-refractivity contribution < 1.29 is 9.13 Å². The van der Waals surface area contributed by atoms with E-state index in [1.54, 1.807) is 0 Å². The monoisotopic (exact) mass is 204 g/mol. The average Bonchev–Trinajstić information content (AvgIpc) is 2.09. The number of hydrogen-bond donors (Lipinski definition) is 1. The molecule has 0 spiro atoms. The first-order chi connectivity index (χ1) is 6.24. The van der Waals surface area contributed by atoms with Crippen LogP contribution in [0.5, 0.6) is 5.88 Å². The Morgan fingerprint density at radius 3 is 3.00 bits per heavy atom. The van der Waals surface area contributed by atoms with Crippen LogP contribution in [-0.4, -0.2) is 18.1 Å². The Morgan fingerprint density at radius 1 is 1.62 bits per heavy atom. The van der Waals surface area contributed by atoms with Crippen molar-refractivity contribution in [1.29, 1.82) is 0 Å². The SMILES string of the molecule is NCCCOc1ncc(Cl)cc1F. The van der Waals surface area contributed by atoms with Crippen molar-refractivity contribution >= 4 is 11.6 Å². The third kappa shape index (κ3) is 3.16. The van der Waals surface area contributed by atoms with Crippen LogP contribution in [0.15, 0.2) is 12.3 Å². The second-order valence-electron chi connectivity index (χ2n) is 2.43. The standard InChI is InChI=1S/C8H10ClFN2O/c9-6-4-7(10)8(12-5-6)13-3-1-2-11/h4-5H,1-3,11H2. The van der Waals surface area contributed by atoms with E-state index < -0.39 is 5.82 Å². The molecule has 0 radical (unpaired) electrons. The van der Waals surface area contributed by atoms with E-state index in [-0.39, 0.29) is 10.9 Å². The van der Waals surface area contributed by atoms with Gasteiger partial charge in [0.15, 0.2) is 5.82 Å². The summed E-state index contributed by atoms with van der Waals surface area (Å²) in [4.78, 5) is 3.68. The lowest BCUT2D eigenvalue weighted by Gasteiger charge is -2.04. The summed E-state index contributed by atoms with van der Waals surface area (Å²) >= 11 is 5.50. The summed E-state index contributed by atoms with van der Waals surface area (Å²) in [5.41, 5.74) is 5.24. The first-order valence-corrected chi connectivity index (χ1v) is 4.25. The fraction of sp³-hybridized carbons (Fsp3) is 0.375. The molecular formula is C8H10ClFN2O. The van der Waals surface area contributed by atoms with Crippen LogP contribution < -0.4 is 10.5 Å². The molecule has 1 rings (SSSR count). The van der Waals surface area contributed by atoms with Crippen LogP contribution in [0.25, 0.3) is 0 Å². The van der Waals surface area contributed by atoms with E-state index in [0.29, 0.717) is 19.6 Å². The lowest BCUT2D eigenvalue weighted by atomic mass is 10.4. The Labute approximate surface area is 80.7 Å². The quantitative estimate of drug-likeness (QED) is 0.758. The molecule has 1 aromatic heterocycles. The summed E-state index contributed by atoms with van der Waals surface area (Å²) < 4.78 is 18.0. The van der Waals surface area contributed by atoms with Gasteiger partial charge in [-0.3, -0.25) is 0 Å². The van der Waals surface area contributed by atoms with Crippen molar-refractivity contribution in [2.75, 3.05) is 13.2 Å². The second-order valence-corrected chi connectivity index (χ2v) is 2.87. The maximum atomic E-state index is 13.0. The zero-order chi connectivity index (χ0) is 9.68. The predicted octanol–water partition coefficient (Wildman–Crippen LogP) is 1.60. The lowest BCUT2D eigenvalue weighted by Crippen LogP contribution is -2.07. The van der Waals surface area contributed by atoms with E-state index in [9.17, 15) is 4.39 Å². The normalized spacial score (nSPS) is 10.1. The van der Waals surface area contributed by atoms with Gasteiger partial charge >= 0.3 is 0 Å². The number of ether oxygens (including phenoxy) is 1. The van der Waals surface area contributed by atoms with Crippen LogP contribution in [-0.2, 0) is 0 Å². The molecule has 0 saturated carbocycles. The predicted molar refractivity (Wildman–Crippen MR) is 48.4 cm³/mol. The minimum Gasteiger partial charge on any atom is -0.476 e. The summed E-state index contributed by atoms with van der Waals surface area (Å²) in [6, 6.07) is 1.16. The molecule has 2 N–H and O–H groups in total. The fourth-order valence-electron chi connectivity index (χ4n) is 0.760. The van der Waals surface area contributed by atoms with Crippen LogP contribution in [0.2, 0.25) is 5.02 Å². The van der Waals surface area contributed by atoms with Gasteiger partial charge < -0.3 is 10.5 Å². The molecule has 1 aromatic rings. The number of halogens is 2. The molecule has 72 valence electrons. The third-order valence-corrected chi connectivity index (χ3v) is 1.57. The maximum Gasteiger partial charge on any atom is 0.250 e. The van der Waals surface area contributed by atoms with Gasteiger partial charge in [-0.15, -0.1) is 0 Å². The molecule has 1 heterocycles. The van der Waals surface area contributed by atoms with E-state index in [1.807, 2.05) is 0 Å². The van der Waals surface area contributed by atoms with Gasteiger partial charge in [-0.1, -0.05) is 11.6 Å². The summed E-state index contributed by atoms with van der Waals surface area (Å²) in [7, 11) is 0. The van der Waals surface area contributed by atoms with E-state index in [0.717, 1.165) is 6.07 Å². The highest BCUT2D eigenvalue weighted by Crippen LogP contribution is 2.17. The minimum atomic E-state index is -0.551. The zero-order valence-corrected chi connectivity index (χ0v) is 7.72. The van der Waals surface area contributed by atoms with E-state index in [2.05, 4.69) is 4.98 Å². The number of rotatable bonds is 4. The van der Waals surface area contributed by atoms with Crippen molar-refractivity contribution in [2.24, 2.45) is 5.73 Å². The van der Waals surface area contributed by atoms with Crippen LogP contribution in [0, 0.1) is 5.82 Å². The topological polar surface area (TPSA) is 48.1 Å². The van der Waals surface area contributed by atoms with E-state index >= 15 is 0 Å². The first-order valence-electron chi connectivity index (χ1n) is 3.88. The molecule has 13 heavy (non-hydrogen) atoms. The molecule has 0 unspecified atom stereocenters. The molecule has 0 bridgehead atoms. The summed E-state index contributed by atoms with van der Waals surface area (Å²) in [6.45, 7) is 0.872. The van der Waals surface area contributed by atoms with E-state index in [4.69, 9.17) is 22.1 Å². The van der Waals surface area contributed by atoms with Gasteiger partial charge in [0, 0.05) is 6.20 Å². The first kappa shape index (κ1) is 10.2. The lowest BCUT2D eigenvalue weighted by molar-refractivity contribution is 0.285. The van der Waals surface area contributed by atoms with Crippen molar-refractivity contribution in [2.45, 2.75) is 6.42 Å². The van der Waals surface area contributed by atoms with Crippen LogP contribution in [0.3, 0.4) is 0 Å². The van der Waals surface area contributed by atoms with Gasteiger partial charge in [-0.05, 0) is 19.0 Å². The Morgan fingerprint density at radius 2 is 2.38 bits per heavy atom. The van der Waals surface area contributed by atoms with Gasteiger partial charge in [0.05, 0.1) is 11.6 Å². The Hall–Kier alpha value is -0.870. The second kappa shape index (κ2) is 4.99. The minimum absolute atomic E-state index is 0.0298. The number of nitrogens with zero attached hydrogens (tertiary/aromatic N) is 1. The molecule has 0 saturated heterocycles. The molecule has 0 fully saturated rings. The van der Waals surface area contributed by atoms with Gasteiger partial charge in [0.25, 0.3) is 0 Å². The number of aromatic nitrogens is 1. The molecule has 0 aliphatic carbocycles. The highest BCUT2D eigenvalue weighted by molar-refractivity contribution is 6.30. The van der Waals surface area contributed by atoms with Gasteiger partial charge in [0.1, 0.15) is 0 Å². The smallest absolute Gasteiger partial charge is 0.250 e. The van der Waals surface area contributed by atoms with Gasteiger partial charge in [0.2, 0.25) is 5.88 Å². The highest BCUT2D eigenvalue weighted by Gasteiger charge is 2.04. The van der Waals surface area contributed by atoms with Crippen molar-refractivity contribution in [3.05, 3.63) is 23.1 Å². The Balaban J connectivity index is 2.56. The molecule has 3 nitrogen and oxygen atoms in total. The van der Waals surface area contributed by atoms with Crippen molar-refractivity contribution in [1.82, 2.24) is 4.98 Å². The zero-order valence-electron chi connectivity index (χ0n) is 6.96. The summed E-state index contributed by atoms with van der Waals surface area (Å²) in [6.07, 6.45) is 2.01. The Kier molecular flexibility index (Phi) is 3.92. The molecule has 0 atom stereocenters. The molecule has 5 heteroatoms. The number of pyridine rings is 1. The Bertz CT molecular complexity index is 283. The molecule has 0 aliphatic rings. The van der Waals surface area contributed by atoms with Gasteiger partial charge in [-0.2, -0.15) is 0 Å². The van der Waals surface area contributed by atoms with Crippen LogP contribution in [0.4, 0.5) is 4.39 Å². The van der Waals surface area contributed by atoms with E-state index in [1.165, 1.54) is 6.20 Å². The highest BCUT2D eigenvalue weighted by atomic mass is 35.5. The maximum absolute atomic E-state index is 13.0. The summed E-state index contributed by atoms with van der Waals surface area (Å²) in [5.74, 6) is -0.581. The molecule has 0 amide bonds. The van der Waals surface area contributed by atoms with Gasteiger partial charge in [-0.25, -0.2) is 9.37 Å². The summed E-state index contributed by atoms with van der Waals surface area (Å²) in [5, 5.41) is 0.253. The van der Waals surface area contributed by atoms with Crippen LogP contribution >= 0.6 is 11.6 Å². The number of nitrogens with two attached hydrogens (primary N) is 1. The average molecular weight is 205 g/mol. The molecule has 0 aromatic carbocycles. The van der Waals surface area contributed by atoms with Crippen molar-refractivity contribution in [3.8, 4) is 5.88 Å². The fourth-order valence-corrected chi connectivity index (χ4v) is 0.905. The molecular weight excluding hydrogens is 195 g/mol. The largest absolute Gasteiger partial charge is 0.476 e. The third-order valence-electron chi connectivity index (χ3n) is 1.36.